The van der Waals surface area contributed by atoms with Crippen molar-refractivity contribution in [1.29, 1.82) is 0 Å². The molecule has 26 heavy (non-hydrogen) atoms. The van der Waals surface area contributed by atoms with E-state index in [1.807, 2.05) is 25.7 Å². The Bertz CT molecular complexity index is 467. The van der Waals surface area contributed by atoms with E-state index >= 15 is 0 Å². The minimum absolute atomic E-state index is 0.112. The number of unbranched alkanes of at least 4 members (excludes halogenated alkanes) is 3. The van der Waals surface area contributed by atoms with Crippen LogP contribution >= 0.6 is 0 Å². The lowest BCUT2D eigenvalue weighted by Crippen LogP contribution is -2.51. The Kier molecular flexibility index (Phi) is 9.74. The highest BCUT2D eigenvalue weighted by Crippen LogP contribution is 2.29. The second-order valence-electron chi connectivity index (χ2n) is 8.00. The fourth-order valence-electron chi connectivity index (χ4n) is 3.37. The summed E-state index contributed by atoms with van der Waals surface area (Å²) in [5.74, 6) is -0.360. The topological polar surface area (TPSA) is 55.8 Å². The Morgan fingerprint density at radius 3 is 2.46 bits per heavy atom. The Morgan fingerprint density at radius 2 is 1.85 bits per heavy atom. The van der Waals surface area contributed by atoms with E-state index in [-0.39, 0.29) is 24.1 Å². The van der Waals surface area contributed by atoms with Gasteiger partial charge in [0, 0.05) is 12.1 Å². The summed E-state index contributed by atoms with van der Waals surface area (Å²) in [6, 6.07) is 0.0616. The summed E-state index contributed by atoms with van der Waals surface area (Å²) in [6.07, 6.45) is 11.6. The average Bonchev–Trinajstić information content (AvgIpc) is 2.55. The Labute approximate surface area is 159 Å². The van der Waals surface area contributed by atoms with Crippen LogP contribution in [0.3, 0.4) is 0 Å². The summed E-state index contributed by atoms with van der Waals surface area (Å²) in [5, 5.41) is 0. The maximum absolute atomic E-state index is 12.8. The van der Waals surface area contributed by atoms with Crippen molar-refractivity contribution in [1.82, 2.24) is 4.90 Å². The highest BCUT2D eigenvalue weighted by atomic mass is 16.6. The number of amides is 1. The Morgan fingerprint density at radius 1 is 1.12 bits per heavy atom. The van der Waals surface area contributed by atoms with Gasteiger partial charge in [-0.15, -0.1) is 0 Å². The Balaban J connectivity index is 2.86. The van der Waals surface area contributed by atoms with Crippen molar-refractivity contribution >= 4 is 12.1 Å². The molecule has 1 saturated heterocycles. The molecule has 0 N–H and O–H groups in total. The van der Waals surface area contributed by atoms with E-state index in [0.717, 1.165) is 32.1 Å². The first kappa shape index (κ1) is 22.5. The van der Waals surface area contributed by atoms with Gasteiger partial charge in [-0.2, -0.15) is 0 Å². The summed E-state index contributed by atoms with van der Waals surface area (Å²) < 4.78 is 10.6. The lowest BCUT2D eigenvalue weighted by molar-refractivity contribution is -0.137. The van der Waals surface area contributed by atoms with Crippen LogP contribution in [0.2, 0.25) is 0 Å². The highest BCUT2D eigenvalue weighted by Gasteiger charge is 2.35. The van der Waals surface area contributed by atoms with E-state index in [1.54, 1.807) is 13.0 Å². The van der Waals surface area contributed by atoms with E-state index in [0.29, 0.717) is 6.61 Å². The third-order valence-corrected chi connectivity index (χ3v) is 4.52. The molecule has 5 heteroatoms. The molecule has 0 radical (unpaired) electrons. The molecule has 1 aliphatic heterocycles. The molecule has 1 amide bonds. The number of carbonyl (C=O) groups excluding carboxylic acids is 2. The van der Waals surface area contributed by atoms with Crippen LogP contribution in [0.1, 0.15) is 86.0 Å². The lowest BCUT2D eigenvalue weighted by atomic mass is 9.92. The van der Waals surface area contributed by atoms with Crippen LogP contribution in [0.15, 0.2) is 12.2 Å². The van der Waals surface area contributed by atoms with Gasteiger partial charge < -0.3 is 9.47 Å². The van der Waals surface area contributed by atoms with Crippen molar-refractivity contribution in [2.45, 2.75) is 104 Å². The van der Waals surface area contributed by atoms with E-state index < -0.39 is 5.60 Å². The molecule has 5 nitrogen and oxygen atoms in total. The molecule has 1 rings (SSSR count). The summed E-state index contributed by atoms with van der Waals surface area (Å²) in [4.78, 5) is 26.4. The molecule has 0 aromatic heterocycles. The molecule has 1 heterocycles. The summed E-state index contributed by atoms with van der Waals surface area (Å²) >= 11 is 0. The molecule has 0 bridgehead atoms. The molecule has 0 aromatic carbocycles. The zero-order chi connectivity index (χ0) is 19.6. The fourth-order valence-corrected chi connectivity index (χ4v) is 3.37. The number of esters is 1. The van der Waals surface area contributed by atoms with Gasteiger partial charge in [0.2, 0.25) is 0 Å². The molecule has 0 saturated carbocycles. The predicted molar refractivity (Wildman–Crippen MR) is 104 cm³/mol. The first-order valence-electron chi connectivity index (χ1n) is 10.1. The second kappa shape index (κ2) is 11.2. The zero-order valence-corrected chi connectivity index (χ0v) is 17.3. The number of hydrogen-bond acceptors (Lipinski definition) is 4. The molecule has 2 atom stereocenters. The van der Waals surface area contributed by atoms with Gasteiger partial charge in [-0.1, -0.05) is 38.7 Å². The van der Waals surface area contributed by atoms with Crippen LogP contribution in [-0.2, 0) is 14.3 Å². The van der Waals surface area contributed by atoms with Gasteiger partial charge >= 0.3 is 12.1 Å². The van der Waals surface area contributed by atoms with Crippen molar-refractivity contribution in [3.63, 3.8) is 0 Å². The predicted octanol–water partition coefficient (Wildman–Crippen LogP) is 5.23. The van der Waals surface area contributed by atoms with Crippen LogP contribution in [-0.4, -0.2) is 41.3 Å². The number of ether oxygens (including phenoxy) is 2. The van der Waals surface area contributed by atoms with Crippen LogP contribution < -0.4 is 0 Å². The number of hydrogen-bond donors (Lipinski definition) is 0. The van der Waals surface area contributed by atoms with E-state index in [2.05, 4.69) is 6.92 Å². The normalized spacial score (nSPS) is 21.0. The van der Waals surface area contributed by atoms with Crippen molar-refractivity contribution < 1.29 is 19.1 Å². The van der Waals surface area contributed by atoms with Crippen LogP contribution in [0.25, 0.3) is 0 Å². The van der Waals surface area contributed by atoms with Gasteiger partial charge in [-0.05, 0) is 53.4 Å². The number of piperidine rings is 1. The monoisotopic (exact) mass is 367 g/mol. The Hall–Kier alpha value is -1.52. The molecule has 0 unspecified atom stereocenters. The SMILES string of the molecule is CCCCCC[C@@H]1CCC[C@@H](/C=C/C(=O)OCC)N1C(=O)OC(C)(C)C. The summed E-state index contributed by atoms with van der Waals surface area (Å²) in [7, 11) is 0. The molecular weight excluding hydrogens is 330 g/mol. The molecular formula is C21H37NO4. The third kappa shape index (κ3) is 8.24. The summed E-state index contributed by atoms with van der Waals surface area (Å²) in [5.41, 5.74) is -0.531. The fraction of sp³-hybridized carbons (Fsp3) is 0.810. The number of rotatable bonds is 8. The zero-order valence-electron chi connectivity index (χ0n) is 17.3. The molecule has 0 spiro atoms. The van der Waals surface area contributed by atoms with Gasteiger partial charge in [-0.25, -0.2) is 9.59 Å². The van der Waals surface area contributed by atoms with Gasteiger partial charge in [-0.3, -0.25) is 4.90 Å². The van der Waals surface area contributed by atoms with Gasteiger partial charge in [0.15, 0.2) is 0 Å². The average molecular weight is 368 g/mol. The standard InChI is InChI=1S/C21H37NO4/c1-6-8-9-10-12-17-13-11-14-18(15-16-19(23)25-7-2)22(17)20(24)26-21(3,4)5/h15-18H,6-14H2,1-5H3/b16-15+/t17-,18+/m1/s1. The molecule has 0 aromatic rings. The highest BCUT2D eigenvalue weighted by molar-refractivity contribution is 5.82. The first-order chi connectivity index (χ1) is 12.3. The smallest absolute Gasteiger partial charge is 0.411 e. The second-order valence-corrected chi connectivity index (χ2v) is 8.00. The number of nitrogens with zero attached hydrogens (tertiary/aromatic N) is 1. The quantitative estimate of drug-likeness (QED) is 0.335. The van der Waals surface area contributed by atoms with Crippen LogP contribution in [0, 0.1) is 0 Å². The minimum atomic E-state index is -0.531. The maximum Gasteiger partial charge on any atom is 0.411 e. The van der Waals surface area contributed by atoms with E-state index in [1.165, 1.54) is 25.3 Å². The molecule has 1 aliphatic rings. The lowest BCUT2D eigenvalue weighted by Gasteiger charge is -2.41. The largest absolute Gasteiger partial charge is 0.463 e. The minimum Gasteiger partial charge on any atom is -0.463 e. The number of carbonyl (C=O) groups is 2. The summed E-state index contributed by atoms with van der Waals surface area (Å²) in [6.45, 7) is 9.98. The van der Waals surface area contributed by atoms with Gasteiger partial charge in [0.1, 0.15) is 5.60 Å². The molecule has 150 valence electrons. The van der Waals surface area contributed by atoms with Crippen LogP contribution in [0.4, 0.5) is 4.79 Å². The van der Waals surface area contributed by atoms with Crippen molar-refractivity contribution in [3.05, 3.63) is 12.2 Å². The van der Waals surface area contributed by atoms with Crippen molar-refractivity contribution in [3.8, 4) is 0 Å². The van der Waals surface area contributed by atoms with Crippen molar-refractivity contribution in [2.24, 2.45) is 0 Å². The van der Waals surface area contributed by atoms with E-state index in [4.69, 9.17) is 9.47 Å². The maximum atomic E-state index is 12.8. The van der Waals surface area contributed by atoms with Gasteiger partial charge in [0.25, 0.3) is 0 Å². The third-order valence-electron chi connectivity index (χ3n) is 4.52. The van der Waals surface area contributed by atoms with Crippen molar-refractivity contribution in [2.75, 3.05) is 6.61 Å². The van der Waals surface area contributed by atoms with Gasteiger partial charge in [0.05, 0.1) is 12.6 Å². The van der Waals surface area contributed by atoms with E-state index in [9.17, 15) is 9.59 Å². The van der Waals surface area contributed by atoms with Crippen LogP contribution in [0.5, 0.6) is 0 Å². The first-order valence-corrected chi connectivity index (χ1v) is 10.1. The molecule has 1 fully saturated rings. The molecule has 0 aliphatic carbocycles. The number of likely N-dealkylation sites (tertiary alicyclic amines) is 1.